The molecule has 1 aliphatic carbocycles. The molecule has 0 unspecified atom stereocenters. The number of hydrogen-bond donors (Lipinski definition) is 2. The molecule has 0 saturated carbocycles. The molecule has 154 valence electrons. The van der Waals surface area contributed by atoms with Gasteiger partial charge in [0.2, 0.25) is 0 Å². The van der Waals surface area contributed by atoms with Gasteiger partial charge in [0, 0.05) is 12.5 Å². The van der Waals surface area contributed by atoms with Gasteiger partial charge in [0.1, 0.15) is 6.61 Å². The number of fused-ring (bicyclic) bond motifs is 3. The van der Waals surface area contributed by atoms with Crippen molar-refractivity contribution >= 4 is 6.09 Å². The summed E-state index contributed by atoms with van der Waals surface area (Å²) in [4.78, 5) is 12.6. The SMILES string of the molecule is Cc1ccc([C@H](CCO)NC(=O)OCC2c3ccccc3-c3ccccc32)c(C)c1. The van der Waals surface area contributed by atoms with E-state index in [0.29, 0.717) is 6.42 Å². The van der Waals surface area contributed by atoms with Crippen LogP contribution in [-0.4, -0.2) is 24.4 Å². The van der Waals surface area contributed by atoms with Crippen molar-refractivity contribution in [2.45, 2.75) is 32.2 Å². The van der Waals surface area contributed by atoms with E-state index in [-0.39, 0.29) is 25.2 Å². The van der Waals surface area contributed by atoms with Crippen molar-refractivity contribution in [1.29, 1.82) is 0 Å². The number of benzene rings is 3. The van der Waals surface area contributed by atoms with Gasteiger partial charge >= 0.3 is 6.09 Å². The van der Waals surface area contributed by atoms with Crippen molar-refractivity contribution in [3.8, 4) is 11.1 Å². The van der Waals surface area contributed by atoms with E-state index in [1.807, 2.05) is 50.2 Å². The summed E-state index contributed by atoms with van der Waals surface area (Å²) in [7, 11) is 0. The van der Waals surface area contributed by atoms with E-state index in [1.54, 1.807) is 0 Å². The molecule has 0 spiro atoms. The lowest BCUT2D eigenvalue weighted by molar-refractivity contribution is 0.136. The molecule has 0 aromatic heterocycles. The molecule has 0 aliphatic heterocycles. The Labute approximate surface area is 177 Å². The predicted molar refractivity (Wildman–Crippen MR) is 119 cm³/mol. The number of aryl methyl sites for hydroxylation is 2. The van der Waals surface area contributed by atoms with E-state index >= 15 is 0 Å². The first-order chi connectivity index (χ1) is 14.6. The fourth-order valence-corrected chi connectivity index (χ4v) is 4.43. The molecule has 0 bridgehead atoms. The van der Waals surface area contributed by atoms with Crippen molar-refractivity contribution in [2.75, 3.05) is 13.2 Å². The van der Waals surface area contributed by atoms with Crippen LogP contribution in [0.2, 0.25) is 0 Å². The number of amides is 1. The van der Waals surface area contributed by atoms with Crippen molar-refractivity contribution in [3.05, 3.63) is 94.5 Å². The van der Waals surface area contributed by atoms with Gasteiger partial charge in [0.05, 0.1) is 6.04 Å². The summed E-state index contributed by atoms with van der Waals surface area (Å²) >= 11 is 0. The number of nitrogens with one attached hydrogen (secondary N) is 1. The van der Waals surface area contributed by atoms with Gasteiger partial charge in [0.15, 0.2) is 0 Å². The average molecular weight is 402 g/mol. The monoisotopic (exact) mass is 401 g/mol. The largest absolute Gasteiger partial charge is 0.449 e. The van der Waals surface area contributed by atoms with Crippen LogP contribution in [0.15, 0.2) is 66.7 Å². The molecule has 4 nitrogen and oxygen atoms in total. The topological polar surface area (TPSA) is 58.6 Å². The molecule has 4 heteroatoms. The highest BCUT2D eigenvalue weighted by molar-refractivity contribution is 5.79. The van der Waals surface area contributed by atoms with Crippen LogP contribution in [0.1, 0.15) is 46.2 Å². The van der Waals surface area contributed by atoms with Gasteiger partial charge < -0.3 is 15.2 Å². The summed E-state index contributed by atoms with van der Waals surface area (Å²) in [5.74, 6) is 0.0283. The van der Waals surface area contributed by atoms with Crippen LogP contribution < -0.4 is 5.32 Å². The van der Waals surface area contributed by atoms with Crippen LogP contribution in [-0.2, 0) is 4.74 Å². The number of carbonyl (C=O) groups excluding carboxylic acids is 1. The first kappa shape index (κ1) is 20.2. The Bertz CT molecular complexity index is 1010. The number of aliphatic hydroxyl groups is 1. The van der Waals surface area contributed by atoms with Gasteiger partial charge in [0.25, 0.3) is 0 Å². The number of ether oxygens (including phenoxy) is 1. The normalized spacial score (nSPS) is 13.4. The van der Waals surface area contributed by atoms with E-state index in [9.17, 15) is 9.90 Å². The molecule has 4 rings (SSSR count). The second-order valence-corrected chi connectivity index (χ2v) is 7.89. The Balaban J connectivity index is 1.48. The molecule has 3 aromatic rings. The number of carbonyl (C=O) groups is 1. The quantitative estimate of drug-likeness (QED) is 0.592. The third kappa shape index (κ3) is 3.96. The number of alkyl carbamates (subject to hydrolysis) is 1. The molecule has 1 aliphatic rings. The Morgan fingerprint density at radius 2 is 1.63 bits per heavy atom. The van der Waals surface area contributed by atoms with Gasteiger partial charge in [-0.15, -0.1) is 0 Å². The fraction of sp³-hybridized carbons (Fsp3) is 0.269. The van der Waals surface area contributed by atoms with Crippen LogP contribution in [0.25, 0.3) is 11.1 Å². The number of aliphatic hydroxyl groups excluding tert-OH is 1. The average Bonchev–Trinajstić information content (AvgIpc) is 3.06. The van der Waals surface area contributed by atoms with Gasteiger partial charge in [-0.05, 0) is 53.6 Å². The summed E-state index contributed by atoms with van der Waals surface area (Å²) < 4.78 is 5.67. The second-order valence-electron chi connectivity index (χ2n) is 7.89. The molecule has 0 heterocycles. The minimum absolute atomic E-state index is 0.0123. The lowest BCUT2D eigenvalue weighted by Crippen LogP contribution is -2.31. The van der Waals surface area contributed by atoms with Crippen LogP contribution in [0.4, 0.5) is 4.79 Å². The maximum atomic E-state index is 12.6. The van der Waals surface area contributed by atoms with Crippen molar-refractivity contribution < 1.29 is 14.6 Å². The molecule has 0 fully saturated rings. The third-order valence-electron chi connectivity index (χ3n) is 5.85. The summed E-state index contributed by atoms with van der Waals surface area (Å²) in [6.07, 6.45) is -0.0241. The molecular formula is C26H27NO3. The molecule has 30 heavy (non-hydrogen) atoms. The third-order valence-corrected chi connectivity index (χ3v) is 5.85. The maximum Gasteiger partial charge on any atom is 0.407 e. The van der Waals surface area contributed by atoms with Gasteiger partial charge in [-0.2, -0.15) is 0 Å². The van der Waals surface area contributed by atoms with Gasteiger partial charge in [-0.1, -0.05) is 72.3 Å². The Morgan fingerprint density at radius 3 is 2.23 bits per heavy atom. The number of rotatable bonds is 6. The standard InChI is InChI=1S/C26H27NO3/c1-17-11-12-19(18(2)15-17)25(13-14-28)27-26(29)30-16-24-22-9-5-3-7-20(22)21-8-4-6-10-23(21)24/h3-12,15,24-25,28H,13-14,16H2,1-2H3,(H,27,29)/t25-/m0/s1. The molecular weight excluding hydrogens is 374 g/mol. The first-order valence-electron chi connectivity index (χ1n) is 10.4. The molecule has 1 amide bonds. The summed E-state index contributed by atoms with van der Waals surface area (Å²) in [5.41, 5.74) is 8.04. The van der Waals surface area contributed by atoms with E-state index in [0.717, 1.165) is 11.1 Å². The van der Waals surface area contributed by atoms with E-state index < -0.39 is 6.09 Å². The molecule has 3 aromatic carbocycles. The van der Waals surface area contributed by atoms with Crippen molar-refractivity contribution in [2.24, 2.45) is 0 Å². The van der Waals surface area contributed by atoms with Crippen LogP contribution >= 0.6 is 0 Å². The molecule has 0 radical (unpaired) electrons. The smallest absolute Gasteiger partial charge is 0.407 e. The van der Waals surface area contributed by atoms with Crippen molar-refractivity contribution in [1.82, 2.24) is 5.32 Å². The van der Waals surface area contributed by atoms with Crippen LogP contribution in [0.5, 0.6) is 0 Å². The fourth-order valence-electron chi connectivity index (χ4n) is 4.43. The highest BCUT2D eigenvalue weighted by Gasteiger charge is 2.29. The predicted octanol–water partition coefficient (Wildman–Crippen LogP) is 5.27. The number of hydrogen-bond acceptors (Lipinski definition) is 3. The second kappa shape index (κ2) is 8.72. The Hall–Kier alpha value is -3.11. The summed E-state index contributed by atoms with van der Waals surface area (Å²) in [6, 6.07) is 22.4. The zero-order valence-electron chi connectivity index (χ0n) is 17.4. The summed E-state index contributed by atoms with van der Waals surface area (Å²) in [6.45, 7) is 4.32. The lowest BCUT2D eigenvalue weighted by atomic mass is 9.97. The van der Waals surface area contributed by atoms with E-state index in [1.165, 1.54) is 27.8 Å². The molecule has 1 atom stereocenters. The van der Waals surface area contributed by atoms with E-state index in [4.69, 9.17) is 4.74 Å². The highest BCUT2D eigenvalue weighted by Crippen LogP contribution is 2.44. The van der Waals surface area contributed by atoms with Gasteiger partial charge in [-0.25, -0.2) is 4.79 Å². The highest BCUT2D eigenvalue weighted by atomic mass is 16.5. The van der Waals surface area contributed by atoms with Crippen LogP contribution in [0.3, 0.4) is 0 Å². The Morgan fingerprint density at radius 1 is 1.00 bits per heavy atom. The van der Waals surface area contributed by atoms with E-state index in [2.05, 4.69) is 35.6 Å². The molecule has 0 saturated heterocycles. The van der Waals surface area contributed by atoms with Gasteiger partial charge in [-0.3, -0.25) is 0 Å². The minimum Gasteiger partial charge on any atom is -0.449 e. The minimum atomic E-state index is -0.463. The zero-order chi connectivity index (χ0) is 21.1. The van der Waals surface area contributed by atoms with Crippen LogP contribution in [0, 0.1) is 13.8 Å². The zero-order valence-corrected chi connectivity index (χ0v) is 17.4. The maximum absolute atomic E-state index is 12.6. The lowest BCUT2D eigenvalue weighted by Gasteiger charge is -2.21. The molecule has 2 N–H and O–H groups in total. The first-order valence-corrected chi connectivity index (χ1v) is 10.4. The summed E-state index contributed by atoms with van der Waals surface area (Å²) in [5, 5.41) is 12.4. The van der Waals surface area contributed by atoms with Crippen molar-refractivity contribution in [3.63, 3.8) is 0 Å². The Kier molecular flexibility index (Phi) is 5.86.